The lowest BCUT2D eigenvalue weighted by atomic mass is 10.1. The third kappa shape index (κ3) is 3.85. The third-order valence-electron chi connectivity index (χ3n) is 4.22. The number of aliphatic imine (C=N–C) groups is 1. The van der Waals surface area contributed by atoms with Gasteiger partial charge >= 0.3 is 0 Å². The first-order chi connectivity index (χ1) is 11.8. The van der Waals surface area contributed by atoms with E-state index >= 15 is 0 Å². The van der Waals surface area contributed by atoms with Gasteiger partial charge in [0.15, 0.2) is 5.96 Å². The molecule has 0 saturated carbocycles. The second-order valence-electron chi connectivity index (χ2n) is 5.83. The Hall–Kier alpha value is -2.12. The smallest absolute Gasteiger partial charge is 0.193 e. The van der Waals surface area contributed by atoms with E-state index in [0.29, 0.717) is 13.2 Å². The minimum Gasteiger partial charge on any atom is -0.382 e. The Labute approximate surface area is 142 Å². The first-order valence-corrected chi connectivity index (χ1v) is 8.29. The van der Waals surface area contributed by atoms with Gasteiger partial charge in [-0.3, -0.25) is 4.99 Å². The SMILES string of the molecule is CN=C(NCCc1c[nH]c2ncccc12)N1CCOC(COC)C1. The maximum absolute atomic E-state index is 5.69. The van der Waals surface area contributed by atoms with Gasteiger partial charge in [-0.1, -0.05) is 0 Å². The summed E-state index contributed by atoms with van der Waals surface area (Å²) in [5.41, 5.74) is 2.20. The highest BCUT2D eigenvalue weighted by atomic mass is 16.5. The highest BCUT2D eigenvalue weighted by Crippen LogP contribution is 2.15. The molecule has 2 aromatic heterocycles. The quantitative estimate of drug-likeness (QED) is 0.632. The lowest BCUT2D eigenvalue weighted by molar-refractivity contribution is -0.0447. The molecule has 0 aromatic carbocycles. The molecule has 130 valence electrons. The van der Waals surface area contributed by atoms with E-state index in [9.17, 15) is 0 Å². The van der Waals surface area contributed by atoms with Crippen molar-refractivity contribution >= 4 is 17.0 Å². The van der Waals surface area contributed by atoms with Gasteiger partial charge < -0.3 is 24.7 Å². The van der Waals surface area contributed by atoms with Gasteiger partial charge in [0.1, 0.15) is 5.65 Å². The number of nitrogens with one attached hydrogen (secondary N) is 2. The number of nitrogens with zero attached hydrogens (tertiary/aromatic N) is 3. The van der Waals surface area contributed by atoms with Crippen molar-refractivity contribution in [3.63, 3.8) is 0 Å². The molecule has 0 bridgehead atoms. The van der Waals surface area contributed by atoms with Crippen molar-refractivity contribution in [2.45, 2.75) is 12.5 Å². The predicted octanol–water partition coefficient (Wildman–Crippen LogP) is 1.03. The number of morpholine rings is 1. The van der Waals surface area contributed by atoms with Gasteiger partial charge in [-0.2, -0.15) is 0 Å². The van der Waals surface area contributed by atoms with Gasteiger partial charge in [-0.15, -0.1) is 0 Å². The van der Waals surface area contributed by atoms with Crippen molar-refractivity contribution in [2.24, 2.45) is 4.99 Å². The highest BCUT2D eigenvalue weighted by Gasteiger charge is 2.22. The standard InChI is InChI=1S/C17H25N5O2/c1-18-17(22-8-9-24-14(11-22)12-23-2)20-7-5-13-10-21-16-15(13)4-3-6-19-16/h3-4,6,10,14H,5,7-9,11-12H2,1-2H3,(H,18,20)(H,19,21). The Morgan fingerprint density at radius 1 is 1.58 bits per heavy atom. The van der Waals surface area contributed by atoms with Crippen LogP contribution in [0.25, 0.3) is 11.0 Å². The van der Waals surface area contributed by atoms with Crippen molar-refractivity contribution in [1.29, 1.82) is 0 Å². The molecule has 3 heterocycles. The molecular weight excluding hydrogens is 306 g/mol. The monoisotopic (exact) mass is 331 g/mol. The number of rotatable bonds is 5. The molecule has 7 heteroatoms. The summed E-state index contributed by atoms with van der Waals surface area (Å²) >= 11 is 0. The topological polar surface area (TPSA) is 74.8 Å². The van der Waals surface area contributed by atoms with E-state index in [4.69, 9.17) is 9.47 Å². The van der Waals surface area contributed by atoms with Crippen LogP contribution in [0.4, 0.5) is 0 Å². The fourth-order valence-electron chi connectivity index (χ4n) is 3.06. The summed E-state index contributed by atoms with van der Waals surface area (Å²) < 4.78 is 10.9. The maximum Gasteiger partial charge on any atom is 0.193 e. The van der Waals surface area contributed by atoms with Crippen molar-refractivity contribution in [3.05, 3.63) is 30.1 Å². The average molecular weight is 331 g/mol. The fourth-order valence-corrected chi connectivity index (χ4v) is 3.06. The first kappa shape index (κ1) is 16.7. The number of hydrogen-bond donors (Lipinski definition) is 2. The number of guanidine groups is 1. The van der Waals surface area contributed by atoms with Crippen molar-refractivity contribution in [3.8, 4) is 0 Å². The van der Waals surface area contributed by atoms with Crippen LogP contribution >= 0.6 is 0 Å². The molecule has 1 aliphatic rings. The van der Waals surface area contributed by atoms with Gasteiger partial charge in [0, 0.05) is 51.6 Å². The van der Waals surface area contributed by atoms with Crippen LogP contribution in [0.1, 0.15) is 5.56 Å². The van der Waals surface area contributed by atoms with Gasteiger partial charge in [-0.05, 0) is 24.1 Å². The van der Waals surface area contributed by atoms with E-state index in [2.05, 4.69) is 31.2 Å². The molecule has 2 aromatic rings. The lowest BCUT2D eigenvalue weighted by Gasteiger charge is -2.34. The number of fused-ring (bicyclic) bond motifs is 1. The molecule has 2 N–H and O–H groups in total. The van der Waals surface area contributed by atoms with Gasteiger partial charge in [0.2, 0.25) is 0 Å². The fraction of sp³-hybridized carbons (Fsp3) is 0.529. The zero-order valence-corrected chi connectivity index (χ0v) is 14.3. The zero-order chi connectivity index (χ0) is 16.8. The van der Waals surface area contributed by atoms with Crippen LogP contribution in [0.2, 0.25) is 0 Å². The summed E-state index contributed by atoms with van der Waals surface area (Å²) in [5.74, 6) is 0.914. The number of aromatic nitrogens is 2. The molecule has 0 aliphatic carbocycles. The largest absolute Gasteiger partial charge is 0.382 e. The van der Waals surface area contributed by atoms with Crippen LogP contribution in [-0.4, -0.2) is 73.9 Å². The molecule has 1 saturated heterocycles. The summed E-state index contributed by atoms with van der Waals surface area (Å²) in [6, 6.07) is 4.07. The molecule has 0 spiro atoms. The zero-order valence-electron chi connectivity index (χ0n) is 14.3. The second kappa shape index (κ2) is 8.12. The summed E-state index contributed by atoms with van der Waals surface area (Å²) in [5, 5.41) is 4.63. The molecule has 1 aliphatic heterocycles. The van der Waals surface area contributed by atoms with Crippen molar-refractivity contribution < 1.29 is 9.47 Å². The van der Waals surface area contributed by atoms with E-state index in [1.165, 1.54) is 10.9 Å². The third-order valence-corrected chi connectivity index (χ3v) is 4.22. The molecule has 0 radical (unpaired) electrons. The van der Waals surface area contributed by atoms with E-state index in [-0.39, 0.29) is 6.10 Å². The van der Waals surface area contributed by atoms with E-state index in [0.717, 1.165) is 37.7 Å². The number of hydrogen-bond acceptors (Lipinski definition) is 4. The number of aromatic amines is 1. The van der Waals surface area contributed by atoms with Crippen molar-refractivity contribution in [2.75, 3.05) is 47.0 Å². The molecule has 1 atom stereocenters. The lowest BCUT2D eigenvalue weighted by Crippen LogP contribution is -2.51. The molecule has 3 rings (SSSR count). The number of pyridine rings is 1. The average Bonchev–Trinajstić information content (AvgIpc) is 3.03. The van der Waals surface area contributed by atoms with Gasteiger partial charge in [0.05, 0.1) is 19.3 Å². The summed E-state index contributed by atoms with van der Waals surface area (Å²) in [6.07, 6.45) is 4.85. The van der Waals surface area contributed by atoms with E-state index < -0.39 is 0 Å². The Morgan fingerprint density at radius 2 is 2.50 bits per heavy atom. The minimum absolute atomic E-state index is 0.0991. The van der Waals surface area contributed by atoms with Crippen LogP contribution in [0.5, 0.6) is 0 Å². The van der Waals surface area contributed by atoms with Crippen LogP contribution in [0.3, 0.4) is 0 Å². The van der Waals surface area contributed by atoms with E-state index in [1.54, 1.807) is 13.3 Å². The summed E-state index contributed by atoms with van der Waals surface area (Å²) in [6.45, 7) is 3.76. The molecule has 0 amide bonds. The minimum atomic E-state index is 0.0991. The molecule has 1 unspecified atom stereocenters. The Balaban J connectivity index is 1.54. The van der Waals surface area contributed by atoms with Crippen LogP contribution in [0, 0.1) is 0 Å². The Kier molecular flexibility index (Phi) is 5.66. The van der Waals surface area contributed by atoms with E-state index in [1.807, 2.05) is 19.3 Å². The maximum atomic E-state index is 5.69. The summed E-state index contributed by atoms with van der Waals surface area (Å²) in [7, 11) is 3.52. The second-order valence-corrected chi connectivity index (χ2v) is 5.83. The summed E-state index contributed by atoms with van der Waals surface area (Å²) in [4.78, 5) is 14.2. The van der Waals surface area contributed by atoms with Crippen LogP contribution in [-0.2, 0) is 15.9 Å². The highest BCUT2D eigenvalue weighted by molar-refractivity contribution is 5.81. The molecular formula is C17H25N5O2. The number of methoxy groups -OCH3 is 1. The van der Waals surface area contributed by atoms with Crippen LogP contribution < -0.4 is 5.32 Å². The Bertz CT molecular complexity index is 682. The van der Waals surface area contributed by atoms with Crippen molar-refractivity contribution in [1.82, 2.24) is 20.2 Å². The molecule has 1 fully saturated rings. The van der Waals surface area contributed by atoms with Gasteiger partial charge in [0.25, 0.3) is 0 Å². The number of ether oxygens (including phenoxy) is 2. The first-order valence-electron chi connectivity index (χ1n) is 8.29. The van der Waals surface area contributed by atoms with Crippen LogP contribution in [0.15, 0.2) is 29.5 Å². The predicted molar refractivity (Wildman–Crippen MR) is 94.3 cm³/mol. The molecule has 7 nitrogen and oxygen atoms in total. The molecule has 24 heavy (non-hydrogen) atoms. The number of H-pyrrole nitrogens is 1. The Morgan fingerprint density at radius 3 is 3.33 bits per heavy atom. The van der Waals surface area contributed by atoms with Gasteiger partial charge in [-0.25, -0.2) is 4.98 Å². The normalized spacial score (nSPS) is 19.0.